The van der Waals surface area contributed by atoms with Gasteiger partial charge in [0, 0.05) is 13.1 Å². The van der Waals surface area contributed by atoms with Gasteiger partial charge in [0.1, 0.15) is 0 Å². The van der Waals surface area contributed by atoms with E-state index in [1.165, 1.54) is 4.90 Å². The van der Waals surface area contributed by atoms with Crippen molar-refractivity contribution in [1.29, 1.82) is 0 Å². The highest BCUT2D eigenvalue weighted by Gasteiger charge is 2.19. The molecule has 0 atom stereocenters. The van der Waals surface area contributed by atoms with Gasteiger partial charge in [0.2, 0.25) is 10.0 Å². The number of sulfonamides is 1. The highest BCUT2D eigenvalue weighted by molar-refractivity contribution is 7.89. The Morgan fingerprint density at radius 1 is 1.33 bits per heavy atom. The molecule has 6 heteroatoms. The van der Waals surface area contributed by atoms with Crippen molar-refractivity contribution >= 4 is 16.1 Å². The van der Waals surface area contributed by atoms with Crippen LogP contribution in [0.1, 0.15) is 12.8 Å². The number of nitrogens with one attached hydrogen (secondary N) is 1. The zero-order valence-electron chi connectivity index (χ0n) is 6.91. The van der Waals surface area contributed by atoms with Crippen LogP contribution < -0.4 is 4.72 Å². The van der Waals surface area contributed by atoms with Crippen LogP contribution in [0.5, 0.6) is 0 Å². The molecule has 1 N–H and O–H groups in total. The van der Waals surface area contributed by atoms with Crippen LogP contribution in [0.3, 0.4) is 0 Å². The zero-order chi connectivity index (χ0) is 9.19. The molecule has 0 saturated carbocycles. The number of nitrogens with zero attached hydrogens (tertiary/aromatic N) is 1. The van der Waals surface area contributed by atoms with E-state index in [0.29, 0.717) is 13.1 Å². The maximum atomic E-state index is 11.1. The second-order valence-electron chi connectivity index (χ2n) is 2.87. The zero-order valence-corrected chi connectivity index (χ0v) is 7.73. The van der Waals surface area contributed by atoms with E-state index in [1.807, 2.05) is 4.72 Å². The molecular weight excluding hydrogens is 180 g/mol. The smallest absolute Gasteiger partial charge is 0.324 e. The Hall–Kier alpha value is -0.780. The van der Waals surface area contributed by atoms with Crippen molar-refractivity contribution in [3.63, 3.8) is 0 Å². The van der Waals surface area contributed by atoms with Crippen LogP contribution >= 0.6 is 0 Å². The highest BCUT2D eigenvalue weighted by atomic mass is 32.2. The first-order chi connectivity index (χ1) is 5.49. The lowest BCUT2D eigenvalue weighted by Crippen LogP contribution is -2.40. The molecule has 1 rings (SSSR count). The van der Waals surface area contributed by atoms with Crippen molar-refractivity contribution in [3.8, 4) is 0 Å². The van der Waals surface area contributed by atoms with E-state index in [2.05, 4.69) is 0 Å². The van der Waals surface area contributed by atoms with Gasteiger partial charge in [0.25, 0.3) is 0 Å². The number of likely N-dealkylation sites (tertiary alicyclic amines) is 1. The molecule has 1 heterocycles. The first kappa shape index (κ1) is 9.31. The van der Waals surface area contributed by atoms with Crippen molar-refractivity contribution in [1.82, 2.24) is 9.62 Å². The van der Waals surface area contributed by atoms with Gasteiger partial charge in [-0.3, -0.25) is 0 Å². The Morgan fingerprint density at radius 2 is 1.83 bits per heavy atom. The van der Waals surface area contributed by atoms with Crippen LogP contribution in [0.4, 0.5) is 4.79 Å². The molecule has 1 aliphatic heterocycles. The van der Waals surface area contributed by atoms with Gasteiger partial charge in [-0.15, -0.1) is 0 Å². The van der Waals surface area contributed by atoms with Gasteiger partial charge >= 0.3 is 6.03 Å². The average molecular weight is 192 g/mol. The van der Waals surface area contributed by atoms with Gasteiger partial charge in [0.15, 0.2) is 0 Å². The molecule has 0 aliphatic carbocycles. The highest BCUT2D eigenvalue weighted by Crippen LogP contribution is 2.06. The van der Waals surface area contributed by atoms with Crippen molar-refractivity contribution in [2.24, 2.45) is 0 Å². The minimum absolute atomic E-state index is 0.505. The SMILES string of the molecule is CS(=O)(=O)NC(=O)N1CCCC1. The fourth-order valence-corrected chi connectivity index (χ4v) is 1.59. The van der Waals surface area contributed by atoms with E-state index in [1.54, 1.807) is 0 Å². The van der Waals surface area contributed by atoms with Gasteiger partial charge in [0.05, 0.1) is 6.26 Å². The molecule has 12 heavy (non-hydrogen) atoms. The largest absolute Gasteiger partial charge is 0.331 e. The van der Waals surface area contributed by atoms with Gasteiger partial charge in [-0.25, -0.2) is 17.9 Å². The molecule has 0 aromatic carbocycles. The predicted octanol–water partition coefficient (Wildman–Crippen LogP) is -0.249. The Morgan fingerprint density at radius 3 is 2.25 bits per heavy atom. The van der Waals surface area contributed by atoms with Crippen LogP contribution in [0.25, 0.3) is 0 Å². The summed E-state index contributed by atoms with van der Waals surface area (Å²) in [7, 11) is -3.40. The summed E-state index contributed by atoms with van der Waals surface area (Å²) in [6.07, 6.45) is 2.88. The van der Waals surface area contributed by atoms with Gasteiger partial charge < -0.3 is 4.90 Å². The lowest BCUT2D eigenvalue weighted by atomic mass is 10.4. The summed E-state index contributed by atoms with van der Waals surface area (Å²) in [4.78, 5) is 12.6. The Bertz CT molecular complexity index is 267. The van der Waals surface area contributed by atoms with E-state index >= 15 is 0 Å². The number of hydrogen-bond donors (Lipinski definition) is 1. The fourth-order valence-electron chi connectivity index (χ4n) is 1.14. The van der Waals surface area contributed by atoms with Gasteiger partial charge in [-0.1, -0.05) is 0 Å². The number of amides is 2. The van der Waals surface area contributed by atoms with Gasteiger partial charge in [-0.2, -0.15) is 0 Å². The molecule has 0 bridgehead atoms. The first-order valence-electron chi connectivity index (χ1n) is 3.76. The molecule has 0 radical (unpaired) electrons. The van der Waals surface area contributed by atoms with Crippen molar-refractivity contribution in [2.45, 2.75) is 12.8 Å². The first-order valence-corrected chi connectivity index (χ1v) is 5.65. The maximum Gasteiger partial charge on any atom is 0.331 e. The predicted molar refractivity (Wildman–Crippen MR) is 44.2 cm³/mol. The Balaban J connectivity index is 2.48. The summed E-state index contributed by atoms with van der Waals surface area (Å²) < 4.78 is 23.2. The molecule has 0 aromatic rings. The number of carbonyl (C=O) groups excluding carboxylic acids is 1. The molecule has 1 fully saturated rings. The van der Waals surface area contributed by atoms with Crippen LogP contribution in [-0.2, 0) is 10.0 Å². The Kier molecular flexibility index (Phi) is 2.56. The minimum atomic E-state index is -3.40. The molecule has 70 valence electrons. The van der Waals surface area contributed by atoms with E-state index in [0.717, 1.165) is 19.1 Å². The Labute approximate surface area is 71.8 Å². The molecule has 1 saturated heterocycles. The third-order valence-corrected chi connectivity index (χ3v) is 2.21. The standard InChI is InChI=1S/C6H12N2O3S/c1-12(10,11)7-6(9)8-4-2-3-5-8/h2-5H2,1H3,(H,7,9). The van der Waals surface area contributed by atoms with Crippen molar-refractivity contribution < 1.29 is 13.2 Å². The molecular formula is C6H12N2O3S. The van der Waals surface area contributed by atoms with Crippen LogP contribution in [0, 0.1) is 0 Å². The lowest BCUT2D eigenvalue weighted by molar-refractivity contribution is 0.215. The molecule has 1 aliphatic rings. The second kappa shape index (κ2) is 3.30. The number of hydrogen-bond acceptors (Lipinski definition) is 3. The topological polar surface area (TPSA) is 66.5 Å². The minimum Gasteiger partial charge on any atom is -0.324 e. The maximum absolute atomic E-state index is 11.1. The molecule has 5 nitrogen and oxygen atoms in total. The molecule has 0 spiro atoms. The monoisotopic (exact) mass is 192 g/mol. The molecule has 0 unspecified atom stereocenters. The second-order valence-corrected chi connectivity index (χ2v) is 4.62. The van der Waals surface area contributed by atoms with E-state index < -0.39 is 16.1 Å². The van der Waals surface area contributed by atoms with Crippen molar-refractivity contribution in [3.05, 3.63) is 0 Å². The van der Waals surface area contributed by atoms with E-state index in [9.17, 15) is 13.2 Å². The normalized spacial score (nSPS) is 17.9. The number of carbonyl (C=O) groups is 1. The summed E-state index contributed by atoms with van der Waals surface area (Å²) in [5.74, 6) is 0. The molecule has 0 aromatic heterocycles. The number of urea groups is 1. The average Bonchev–Trinajstić information content (AvgIpc) is 2.32. The van der Waals surface area contributed by atoms with Gasteiger partial charge in [-0.05, 0) is 12.8 Å². The quantitative estimate of drug-likeness (QED) is 0.623. The summed E-state index contributed by atoms with van der Waals surface area (Å²) in [6.45, 7) is 1.31. The number of rotatable bonds is 1. The summed E-state index contributed by atoms with van der Waals surface area (Å²) in [6, 6.07) is -0.505. The summed E-state index contributed by atoms with van der Waals surface area (Å²) in [5.41, 5.74) is 0. The van der Waals surface area contributed by atoms with Crippen LogP contribution in [0.2, 0.25) is 0 Å². The molecule has 2 amide bonds. The third-order valence-electron chi connectivity index (χ3n) is 1.67. The van der Waals surface area contributed by atoms with Crippen LogP contribution in [0.15, 0.2) is 0 Å². The summed E-state index contributed by atoms with van der Waals surface area (Å²) in [5, 5.41) is 0. The van der Waals surface area contributed by atoms with Crippen LogP contribution in [-0.4, -0.2) is 38.7 Å². The van der Waals surface area contributed by atoms with E-state index in [4.69, 9.17) is 0 Å². The fraction of sp³-hybridized carbons (Fsp3) is 0.833. The van der Waals surface area contributed by atoms with Crippen molar-refractivity contribution in [2.75, 3.05) is 19.3 Å². The lowest BCUT2D eigenvalue weighted by Gasteiger charge is -2.14. The van der Waals surface area contributed by atoms with E-state index in [-0.39, 0.29) is 0 Å². The summed E-state index contributed by atoms with van der Waals surface area (Å²) >= 11 is 0. The third kappa shape index (κ3) is 2.69.